The fourth-order valence-electron chi connectivity index (χ4n) is 4.14. The van der Waals surface area contributed by atoms with Crippen molar-refractivity contribution < 1.29 is 19.4 Å². The van der Waals surface area contributed by atoms with E-state index in [1.54, 1.807) is 17.0 Å². The number of nitrogens with zero attached hydrogens (tertiary/aromatic N) is 3. The Morgan fingerprint density at radius 3 is 2.47 bits per heavy atom. The third-order valence-electron chi connectivity index (χ3n) is 5.86. The molecule has 2 heterocycles. The zero-order valence-electron chi connectivity index (χ0n) is 17.7. The average molecular weight is 419 g/mol. The number of quaternary nitrogens is 1. The number of piperazine rings is 1. The predicted octanol–water partition coefficient (Wildman–Crippen LogP) is 0.452. The number of rotatable bonds is 7. The predicted molar refractivity (Wildman–Crippen MR) is 114 cm³/mol. The van der Waals surface area contributed by atoms with Gasteiger partial charge in [-0.1, -0.05) is 6.92 Å². The lowest BCUT2D eigenvalue weighted by Gasteiger charge is -2.32. The van der Waals surface area contributed by atoms with Crippen LogP contribution in [0.15, 0.2) is 18.2 Å². The van der Waals surface area contributed by atoms with Crippen molar-refractivity contribution in [1.29, 1.82) is 0 Å². The summed E-state index contributed by atoms with van der Waals surface area (Å²) in [5.74, 6) is -0.145. The number of piperidine rings is 1. The van der Waals surface area contributed by atoms with E-state index in [1.807, 2.05) is 11.8 Å². The van der Waals surface area contributed by atoms with Gasteiger partial charge in [0.05, 0.1) is 31.1 Å². The van der Waals surface area contributed by atoms with E-state index in [2.05, 4.69) is 5.32 Å². The summed E-state index contributed by atoms with van der Waals surface area (Å²) in [4.78, 5) is 41.0. The summed E-state index contributed by atoms with van der Waals surface area (Å²) in [6, 6.07) is 4.84. The Hall–Kier alpha value is -2.68. The molecule has 9 nitrogen and oxygen atoms in total. The molecule has 1 aromatic rings. The van der Waals surface area contributed by atoms with Crippen molar-refractivity contribution in [2.24, 2.45) is 0 Å². The Kier molecular flexibility index (Phi) is 7.62. The highest BCUT2D eigenvalue weighted by Gasteiger charge is 2.28. The Morgan fingerprint density at radius 2 is 1.83 bits per heavy atom. The second-order valence-corrected chi connectivity index (χ2v) is 8.08. The Bertz CT molecular complexity index is 771. The maximum Gasteiger partial charge on any atom is 0.293 e. The highest BCUT2D eigenvalue weighted by molar-refractivity contribution is 5.96. The first kappa shape index (κ1) is 22.0. The van der Waals surface area contributed by atoms with Crippen molar-refractivity contribution in [3.63, 3.8) is 0 Å². The molecule has 0 atom stereocenters. The summed E-state index contributed by atoms with van der Waals surface area (Å²) >= 11 is 0. The smallest absolute Gasteiger partial charge is 0.293 e. The number of carbonyl (C=O) groups excluding carboxylic acids is 2. The molecule has 9 heteroatoms. The second kappa shape index (κ2) is 10.4. The van der Waals surface area contributed by atoms with Crippen molar-refractivity contribution in [2.75, 3.05) is 57.3 Å². The minimum Gasteiger partial charge on any atom is -0.366 e. The van der Waals surface area contributed by atoms with E-state index < -0.39 is 4.92 Å². The van der Waals surface area contributed by atoms with Crippen molar-refractivity contribution in [2.45, 2.75) is 32.6 Å². The molecule has 0 aromatic heterocycles. The Labute approximate surface area is 177 Å². The van der Waals surface area contributed by atoms with Crippen LogP contribution in [-0.2, 0) is 4.79 Å². The first-order valence-corrected chi connectivity index (χ1v) is 10.9. The summed E-state index contributed by atoms with van der Waals surface area (Å²) in [7, 11) is 0. The molecule has 0 spiro atoms. The fourth-order valence-corrected chi connectivity index (χ4v) is 4.14. The number of carbonyl (C=O) groups is 2. The summed E-state index contributed by atoms with van der Waals surface area (Å²) < 4.78 is 0. The number of hydrogen-bond acceptors (Lipinski definition) is 5. The highest BCUT2D eigenvalue weighted by Crippen LogP contribution is 2.31. The minimum atomic E-state index is -0.391. The van der Waals surface area contributed by atoms with Gasteiger partial charge in [0.15, 0.2) is 6.54 Å². The van der Waals surface area contributed by atoms with Crippen LogP contribution in [0.3, 0.4) is 0 Å². The topological polar surface area (TPSA) is 100 Å². The van der Waals surface area contributed by atoms with Gasteiger partial charge >= 0.3 is 0 Å². The van der Waals surface area contributed by atoms with Gasteiger partial charge in [-0.05, 0) is 37.8 Å². The number of amides is 2. The van der Waals surface area contributed by atoms with E-state index in [-0.39, 0.29) is 17.5 Å². The molecular formula is C21H32N5O4+. The van der Waals surface area contributed by atoms with Crippen LogP contribution in [-0.4, -0.2) is 74.0 Å². The molecule has 0 radical (unpaired) electrons. The third kappa shape index (κ3) is 5.47. The first-order valence-electron chi connectivity index (χ1n) is 10.9. The molecule has 30 heavy (non-hydrogen) atoms. The zero-order valence-corrected chi connectivity index (χ0v) is 17.7. The van der Waals surface area contributed by atoms with Gasteiger partial charge in [-0.15, -0.1) is 0 Å². The van der Waals surface area contributed by atoms with Crippen LogP contribution in [0.5, 0.6) is 0 Å². The lowest BCUT2D eigenvalue weighted by molar-refractivity contribution is -0.896. The summed E-state index contributed by atoms with van der Waals surface area (Å²) in [5.41, 5.74) is 0.954. The number of hydrogen-bond donors (Lipinski definition) is 2. The van der Waals surface area contributed by atoms with Crippen LogP contribution >= 0.6 is 0 Å². The Balaban J connectivity index is 1.62. The van der Waals surface area contributed by atoms with Crippen molar-refractivity contribution >= 4 is 23.2 Å². The molecule has 3 rings (SSSR count). The number of nitro benzene ring substituents is 1. The molecule has 2 aliphatic heterocycles. The van der Waals surface area contributed by atoms with Gasteiger partial charge in [0.2, 0.25) is 0 Å². The molecule has 0 saturated carbocycles. The first-order chi connectivity index (χ1) is 14.5. The number of benzene rings is 1. The summed E-state index contributed by atoms with van der Waals surface area (Å²) in [6.07, 6.45) is 4.11. The highest BCUT2D eigenvalue weighted by atomic mass is 16.6. The SMILES string of the molecule is CCCNC(=O)C[NH+]1CCN(C(=O)c2ccc(N3CCCCC3)c([N+](=O)[O-])c2)CC1. The molecule has 2 saturated heterocycles. The molecule has 0 bridgehead atoms. The molecule has 2 fully saturated rings. The second-order valence-electron chi connectivity index (χ2n) is 8.08. The third-order valence-corrected chi connectivity index (χ3v) is 5.86. The number of nitrogens with one attached hydrogen (secondary N) is 2. The summed E-state index contributed by atoms with van der Waals surface area (Å²) in [6.45, 7) is 7.20. The van der Waals surface area contributed by atoms with Gasteiger partial charge in [-0.2, -0.15) is 0 Å². The van der Waals surface area contributed by atoms with Gasteiger partial charge in [-0.3, -0.25) is 19.7 Å². The fraction of sp³-hybridized carbons (Fsp3) is 0.619. The average Bonchev–Trinajstić information content (AvgIpc) is 2.78. The van der Waals surface area contributed by atoms with E-state index in [0.717, 1.165) is 43.7 Å². The maximum absolute atomic E-state index is 12.9. The van der Waals surface area contributed by atoms with Crippen LogP contribution in [0.25, 0.3) is 0 Å². The van der Waals surface area contributed by atoms with Gasteiger partial charge in [0.25, 0.3) is 17.5 Å². The Morgan fingerprint density at radius 1 is 1.13 bits per heavy atom. The molecule has 2 aliphatic rings. The van der Waals surface area contributed by atoms with Crippen molar-refractivity contribution in [3.05, 3.63) is 33.9 Å². The van der Waals surface area contributed by atoms with Gasteiger partial charge in [0.1, 0.15) is 5.69 Å². The van der Waals surface area contributed by atoms with Gasteiger partial charge in [0, 0.05) is 31.3 Å². The quantitative estimate of drug-likeness (QED) is 0.495. The largest absolute Gasteiger partial charge is 0.366 e. The molecular weight excluding hydrogens is 386 g/mol. The zero-order chi connectivity index (χ0) is 21.5. The van der Waals surface area contributed by atoms with Crippen molar-refractivity contribution in [3.8, 4) is 0 Å². The molecule has 2 amide bonds. The van der Waals surface area contributed by atoms with E-state index in [9.17, 15) is 19.7 Å². The van der Waals surface area contributed by atoms with Crippen LogP contribution in [0, 0.1) is 10.1 Å². The molecule has 0 unspecified atom stereocenters. The van der Waals surface area contributed by atoms with Crippen LogP contribution < -0.4 is 15.1 Å². The van der Waals surface area contributed by atoms with Crippen LogP contribution in [0.4, 0.5) is 11.4 Å². The lowest BCUT2D eigenvalue weighted by Crippen LogP contribution is -3.15. The lowest BCUT2D eigenvalue weighted by atomic mass is 10.1. The molecule has 0 aliphatic carbocycles. The van der Waals surface area contributed by atoms with E-state index in [0.29, 0.717) is 50.5 Å². The van der Waals surface area contributed by atoms with E-state index in [1.165, 1.54) is 6.07 Å². The normalized spacial score (nSPS) is 17.6. The standard InChI is InChI=1S/C21H31N5O4/c1-2-8-22-20(27)16-23-11-13-25(14-12-23)21(28)17-6-7-18(19(15-17)26(29)30)24-9-4-3-5-10-24/h6-7,15H,2-5,8-14,16H2,1H3,(H,22,27)/p+1. The molecule has 2 N–H and O–H groups in total. The number of anilines is 1. The van der Waals surface area contributed by atoms with Crippen LogP contribution in [0.2, 0.25) is 0 Å². The maximum atomic E-state index is 12.9. The van der Waals surface area contributed by atoms with Crippen molar-refractivity contribution in [1.82, 2.24) is 10.2 Å². The van der Waals surface area contributed by atoms with E-state index in [4.69, 9.17) is 0 Å². The van der Waals surface area contributed by atoms with Crippen LogP contribution in [0.1, 0.15) is 43.0 Å². The molecule has 1 aromatic carbocycles. The summed E-state index contributed by atoms with van der Waals surface area (Å²) in [5, 5.41) is 14.5. The van der Waals surface area contributed by atoms with Gasteiger partial charge < -0.3 is 20.0 Å². The van der Waals surface area contributed by atoms with Gasteiger partial charge in [-0.25, -0.2) is 0 Å². The molecule has 164 valence electrons. The monoisotopic (exact) mass is 418 g/mol. The number of nitro groups is 1. The minimum absolute atomic E-state index is 0.000365. The van der Waals surface area contributed by atoms with E-state index >= 15 is 0 Å².